The minimum atomic E-state index is -5.08. The minimum Gasteiger partial charge on any atom is -0.477 e. The van der Waals surface area contributed by atoms with Gasteiger partial charge in [0.2, 0.25) is 5.95 Å². The highest BCUT2D eigenvalue weighted by molar-refractivity contribution is 5.85. The number of halogens is 3. The van der Waals surface area contributed by atoms with Crippen LogP contribution in [-0.2, 0) is 19.1 Å². The Morgan fingerprint density at radius 2 is 1.88 bits per heavy atom. The van der Waals surface area contributed by atoms with Crippen LogP contribution in [0.2, 0.25) is 0 Å². The van der Waals surface area contributed by atoms with E-state index < -0.39 is 29.1 Å². The fraction of sp³-hybridized carbons (Fsp3) is 0.632. The number of carbonyl (C=O) groups is 3. The SMILES string of the molecule is CCOC(=O)C12CC(CNc3nccc(C(=O)O)n3)(C1)OC21CCC1.O=C(O)C(F)(F)F. The Kier molecular flexibility index (Phi) is 6.06. The van der Waals surface area contributed by atoms with Crippen LogP contribution in [0, 0.1) is 5.41 Å². The molecule has 0 atom stereocenters. The molecule has 3 heterocycles. The number of carboxylic acid groups (broad SMARTS) is 2. The van der Waals surface area contributed by atoms with Gasteiger partial charge in [-0.05, 0) is 45.1 Å². The molecule has 176 valence electrons. The Hall–Kier alpha value is -2.96. The molecule has 1 spiro atoms. The molecule has 0 radical (unpaired) electrons. The van der Waals surface area contributed by atoms with Gasteiger partial charge in [0.1, 0.15) is 5.41 Å². The zero-order valence-electron chi connectivity index (χ0n) is 17.1. The summed E-state index contributed by atoms with van der Waals surface area (Å²) in [6.45, 7) is 2.63. The van der Waals surface area contributed by atoms with Crippen molar-refractivity contribution < 1.29 is 47.2 Å². The van der Waals surface area contributed by atoms with Gasteiger partial charge in [0.25, 0.3) is 0 Å². The summed E-state index contributed by atoms with van der Waals surface area (Å²) in [5.74, 6) is -3.75. The lowest BCUT2D eigenvalue weighted by molar-refractivity contribution is -0.192. The second-order valence-corrected chi connectivity index (χ2v) is 8.02. The number of hydrogen-bond donors (Lipinski definition) is 3. The van der Waals surface area contributed by atoms with Gasteiger partial charge in [0.15, 0.2) is 5.69 Å². The maximum absolute atomic E-state index is 12.5. The van der Waals surface area contributed by atoms with Crippen LogP contribution in [-0.4, -0.2) is 68.6 Å². The second kappa shape index (κ2) is 8.19. The van der Waals surface area contributed by atoms with Gasteiger partial charge in [-0.2, -0.15) is 13.2 Å². The molecule has 2 aliphatic carbocycles. The van der Waals surface area contributed by atoms with Gasteiger partial charge in [-0.15, -0.1) is 0 Å². The van der Waals surface area contributed by atoms with E-state index in [1.807, 2.05) is 6.92 Å². The van der Waals surface area contributed by atoms with E-state index in [-0.39, 0.29) is 23.2 Å². The average molecular weight is 461 g/mol. The topological polar surface area (TPSA) is 148 Å². The number of carboxylic acids is 2. The highest BCUT2D eigenvalue weighted by Crippen LogP contribution is 2.72. The number of hydrogen-bond acceptors (Lipinski definition) is 8. The Morgan fingerprint density at radius 3 is 2.34 bits per heavy atom. The lowest BCUT2D eigenvalue weighted by Gasteiger charge is -2.49. The lowest BCUT2D eigenvalue weighted by Crippen LogP contribution is -2.58. The summed E-state index contributed by atoms with van der Waals surface area (Å²) in [5.41, 5.74) is -1.40. The van der Waals surface area contributed by atoms with Gasteiger partial charge in [0.05, 0.1) is 17.8 Å². The van der Waals surface area contributed by atoms with Gasteiger partial charge in [-0.25, -0.2) is 19.6 Å². The van der Waals surface area contributed by atoms with Crippen molar-refractivity contribution in [1.82, 2.24) is 9.97 Å². The molecule has 32 heavy (non-hydrogen) atoms. The van der Waals surface area contributed by atoms with Gasteiger partial charge in [0, 0.05) is 12.7 Å². The summed E-state index contributed by atoms with van der Waals surface area (Å²) in [6, 6.07) is 1.34. The summed E-state index contributed by atoms with van der Waals surface area (Å²) < 4.78 is 43.4. The van der Waals surface area contributed by atoms with Crippen LogP contribution in [0.5, 0.6) is 0 Å². The molecule has 2 aliphatic heterocycles. The molecule has 0 aromatic carbocycles. The molecule has 0 amide bonds. The highest BCUT2D eigenvalue weighted by atomic mass is 19.4. The molecule has 2 bridgehead atoms. The predicted molar refractivity (Wildman–Crippen MR) is 99.9 cm³/mol. The maximum Gasteiger partial charge on any atom is 0.490 e. The third kappa shape index (κ3) is 4.08. The molecule has 1 aromatic heterocycles. The van der Waals surface area contributed by atoms with Crippen molar-refractivity contribution in [2.45, 2.75) is 56.4 Å². The highest BCUT2D eigenvalue weighted by Gasteiger charge is 2.79. The number of aromatic carboxylic acids is 1. The van der Waals surface area contributed by atoms with Gasteiger partial charge >= 0.3 is 24.1 Å². The number of anilines is 1. The van der Waals surface area contributed by atoms with Crippen molar-refractivity contribution in [2.75, 3.05) is 18.5 Å². The molecule has 13 heteroatoms. The Bertz CT molecular complexity index is 912. The summed E-state index contributed by atoms with van der Waals surface area (Å²) >= 11 is 0. The number of rotatable bonds is 6. The first-order valence-electron chi connectivity index (χ1n) is 9.86. The van der Waals surface area contributed by atoms with Crippen LogP contribution in [0.15, 0.2) is 12.3 Å². The summed E-state index contributed by atoms with van der Waals surface area (Å²) in [5, 5.41) is 19.2. The van der Waals surface area contributed by atoms with E-state index in [1.165, 1.54) is 12.3 Å². The number of carbonyl (C=O) groups excluding carboxylic acids is 1. The molecule has 5 rings (SSSR count). The van der Waals surface area contributed by atoms with Crippen molar-refractivity contribution in [3.63, 3.8) is 0 Å². The van der Waals surface area contributed by atoms with Crippen molar-refractivity contribution in [3.05, 3.63) is 18.0 Å². The molecular weight excluding hydrogens is 439 g/mol. The first-order chi connectivity index (χ1) is 14.9. The number of nitrogens with one attached hydrogen (secondary N) is 1. The number of alkyl halides is 3. The monoisotopic (exact) mass is 461 g/mol. The van der Waals surface area contributed by atoms with E-state index in [4.69, 9.17) is 24.5 Å². The fourth-order valence-corrected chi connectivity index (χ4v) is 4.60. The molecular formula is C19H22F3N3O7. The lowest BCUT2D eigenvalue weighted by atomic mass is 9.51. The fourth-order valence-electron chi connectivity index (χ4n) is 4.60. The molecule has 10 nitrogen and oxygen atoms in total. The normalized spacial score (nSPS) is 26.8. The van der Waals surface area contributed by atoms with Crippen LogP contribution in [0.1, 0.15) is 49.5 Å². The van der Waals surface area contributed by atoms with Gasteiger partial charge in [-0.1, -0.05) is 0 Å². The van der Waals surface area contributed by atoms with Crippen molar-refractivity contribution in [3.8, 4) is 0 Å². The molecule has 3 N–H and O–H groups in total. The first kappa shape index (κ1) is 23.7. The molecule has 1 aromatic rings. The zero-order chi connectivity index (χ0) is 23.8. The molecule has 0 unspecified atom stereocenters. The van der Waals surface area contributed by atoms with E-state index in [9.17, 15) is 22.8 Å². The van der Waals surface area contributed by atoms with E-state index in [2.05, 4.69) is 15.3 Å². The Labute approximate surface area is 180 Å². The first-order valence-corrected chi connectivity index (χ1v) is 9.86. The summed E-state index contributed by atoms with van der Waals surface area (Å²) in [6.07, 6.45) is 0.420. The van der Waals surface area contributed by atoms with E-state index in [0.717, 1.165) is 19.3 Å². The number of nitrogens with zero attached hydrogens (tertiary/aromatic N) is 2. The van der Waals surface area contributed by atoms with Crippen LogP contribution in [0.25, 0.3) is 0 Å². The maximum atomic E-state index is 12.5. The van der Waals surface area contributed by atoms with E-state index in [0.29, 0.717) is 26.0 Å². The number of esters is 1. The number of ether oxygens (including phenoxy) is 2. The van der Waals surface area contributed by atoms with Crippen molar-refractivity contribution in [1.29, 1.82) is 0 Å². The number of aromatic nitrogens is 2. The summed E-state index contributed by atoms with van der Waals surface area (Å²) in [4.78, 5) is 40.4. The molecule has 2 saturated carbocycles. The van der Waals surface area contributed by atoms with Crippen LogP contribution in [0.3, 0.4) is 0 Å². The zero-order valence-corrected chi connectivity index (χ0v) is 17.1. The minimum absolute atomic E-state index is 0.0627. The third-order valence-electron chi connectivity index (χ3n) is 6.05. The Balaban J connectivity index is 0.000000360. The van der Waals surface area contributed by atoms with E-state index >= 15 is 0 Å². The quantitative estimate of drug-likeness (QED) is 0.539. The van der Waals surface area contributed by atoms with Crippen LogP contribution < -0.4 is 5.32 Å². The van der Waals surface area contributed by atoms with Crippen molar-refractivity contribution in [2.24, 2.45) is 5.41 Å². The van der Waals surface area contributed by atoms with Gasteiger partial charge < -0.3 is 25.0 Å². The van der Waals surface area contributed by atoms with Crippen LogP contribution in [0.4, 0.5) is 19.1 Å². The standard InChI is InChI=1S/C17H21N3O5.C2HF3O2/c1-2-24-13(23)16-8-15(9-16,25-17(16)5-3-6-17)10-19-14-18-7-4-11(20-14)12(21)22;3-2(4,5)1(6)7/h4,7H,2-3,5-6,8-10H2,1H3,(H,21,22)(H,18,19,20);(H,6,7). The third-order valence-corrected chi connectivity index (χ3v) is 6.05. The van der Waals surface area contributed by atoms with Gasteiger partial charge in [-0.3, -0.25) is 4.79 Å². The Morgan fingerprint density at radius 1 is 1.25 bits per heavy atom. The average Bonchev–Trinajstić information content (AvgIpc) is 3.14. The molecule has 4 fully saturated rings. The predicted octanol–water partition coefficient (Wildman–Crippen LogP) is 2.25. The van der Waals surface area contributed by atoms with Crippen LogP contribution >= 0.6 is 0 Å². The van der Waals surface area contributed by atoms with Crippen molar-refractivity contribution >= 4 is 23.9 Å². The van der Waals surface area contributed by atoms with E-state index in [1.54, 1.807) is 0 Å². The smallest absolute Gasteiger partial charge is 0.477 e. The summed E-state index contributed by atoms with van der Waals surface area (Å²) in [7, 11) is 0. The number of aliphatic carboxylic acids is 1. The largest absolute Gasteiger partial charge is 0.490 e. The molecule has 2 saturated heterocycles. The molecule has 4 aliphatic rings. The second-order valence-electron chi connectivity index (χ2n) is 8.02.